The molecule has 0 saturated carbocycles. The van der Waals surface area contributed by atoms with Crippen LogP contribution >= 0.6 is 0 Å². The van der Waals surface area contributed by atoms with Crippen molar-refractivity contribution in [2.24, 2.45) is 0 Å². The first kappa shape index (κ1) is 23.0. The highest BCUT2D eigenvalue weighted by atomic mass is 32.2. The van der Waals surface area contributed by atoms with Crippen molar-refractivity contribution in [1.82, 2.24) is 14.1 Å². The molecule has 0 bridgehead atoms. The number of rotatable bonds is 8. The second-order valence-corrected chi connectivity index (χ2v) is 10.7. The highest BCUT2D eigenvalue weighted by Crippen LogP contribution is 2.23. The van der Waals surface area contributed by atoms with E-state index in [1.54, 1.807) is 26.8 Å². The Labute approximate surface area is 183 Å². The molecule has 0 fully saturated rings. The largest absolute Gasteiger partial charge is 0.263 e. The van der Waals surface area contributed by atoms with Crippen molar-refractivity contribution in [3.05, 3.63) is 65.9 Å². The van der Waals surface area contributed by atoms with E-state index in [4.69, 9.17) is 0 Å². The number of sulfonamides is 2. The van der Waals surface area contributed by atoms with Gasteiger partial charge < -0.3 is 0 Å². The third kappa shape index (κ3) is 4.81. The SMILES string of the molecule is CCN(CC)S(=O)(=O)c1ccc(S(=O)(=O)Nc2cc(C)nn2-c2ccc(C)cc2)cc1. The fraction of sp³-hybridized carbons (Fsp3) is 0.286. The summed E-state index contributed by atoms with van der Waals surface area (Å²) < 4.78 is 56.5. The van der Waals surface area contributed by atoms with E-state index in [-0.39, 0.29) is 9.79 Å². The maximum atomic E-state index is 12.9. The van der Waals surface area contributed by atoms with E-state index in [2.05, 4.69) is 9.82 Å². The van der Waals surface area contributed by atoms with Crippen LogP contribution in [0.2, 0.25) is 0 Å². The molecule has 3 aromatic rings. The van der Waals surface area contributed by atoms with E-state index >= 15 is 0 Å². The molecule has 0 spiro atoms. The zero-order valence-electron chi connectivity index (χ0n) is 17.9. The molecular weight excluding hydrogens is 436 g/mol. The van der Waals surface area contributed by atoms with Crippen molar-refractivity contribution in [3.63, 3.8) is 0 Å². The zero-order valence-corrected chi connectivity index (χ0v) is 19.5. The first-order chi connectivity index (χ1) is 14.6. The quantitative estimate of drug-likeness (QED) is 0.553. The normalized spacial score (nSPS) is 12.3. The molecule has 0 radical (unpaired) electrons. The van der Waals surface area contributed by atoms with Crippen LogP contribution in [0.3, 0.4) is 0 Å². The number of hydrogen-bond acceptors (Lipinski definition) is 5. The number of hydrogen-bond donors (Lipinski definition) is 1. The van der Waals surface area contributed by atoms with Gasteiger partial charge in [0.2, 0.25) is 10.0 Å². The number of aryl methyl sites for hydroxylation is 2. The fourth-order valence-corrected chi connectivity index (χ4v) is 5.65. The molecule has 166 valence electrons. The summed E-state index contributed by atoms with van der Waals surface area (Å²) >= 11 is 0. The van der Waals surface area contributed by atoms with Gasteiger partial charge in [0.1, 0.15) is 5.82 Å². The Kier molecular flexibility index (Phi) is 6.54. The third-order valence-corrected chi connectivity index (χ3v) is 8.26. The number of anilines is 1. The number of benzene rings is 2. The summed E-state index contributed by atoms with van der Waals surface area (Å²) in [5.74, 6) is 0.293. The minimum Gasteiger partial charge on any atom is -0.263 e. The van der Waals surface area contributed by atoms with E-state index in [1.165, 1.54) is 33.3 Å². The van der Waals surface area contributed by atoms with Crippen molar-refractivity contribution in [2.45, 2.75) is 37.5 Å². The summed E-state index contributed by atoms with van der Waals surface area (Å²) in [6.07, 6.45) is 0. The number of aromatic nitrogens is 2. The average molecular weight is 463 g/mol. The van der Waals surface area contributed by atoms with Crippen LogP contribution < -0.4 is 4.72 Å². The molecule has 0 atom stereocenters. The van der Waals surface area contributed by atoms with Crippen LogP contribution in [0.1, 0.15) is 25.1 Å². The second-order valence-electron chi connectivity index (χ2n) is 7.08. The lowest BCUT2D eigenvalue weighted by Gasteiger charge is -2.18. The molecule has 0 aliphatic carbocycles. The second kappa shape index (κ2) is 8.81. The fourth-order valence-electron chi connectivity index (χ4n) is 3.15. The Bertz CT molecular complexity index is 1260. The molecule has 31 heavy (non-hydrogen) atoms. The van der Waals surface area contributed by atoms with Crippen LogP contribution in [-0.2, 0) is 20.0 Å². The van der Waals surface area contributed by atoms with Crippen molar-refractivity contribution >= 4 is 25.9 Å². The molecule has 0 amide bonds. The van der Waals surface area contributed by atoms with Gasteiger partial charge in [-0.25, -0.2) is 21.5 Å². The van der Waals surface area contributed by atoms with Gasteiger partial charge >= 0.3 is 0 Å². The molecule has 0 aliphatic rings. The highest BCUT2D eigenvalue weighted by molar-refractivity contribution is 7.92. The zero-order chi connectivity index (χ0) is 22.8. The molecule has 2 aromatic carbocycles. The Morgan fingerprint density at radius 1 is 0.871 bits per heavy atom. The summed E-state index contributed by atoms with van der Waals surface area (Å²) in [7, 11) is -7.61. The molecule has 1 N–H and O–H groups in total. The van der Waals surface area contributed by atoms with Crippen LogP contribution in [0.15, 0.2) is 64.4 Å². The monoisotopic (exact) mass is 462 g/mol. The van der Waals surface area contributed by atoms with Gasteiger partial charge in [0, 0.05) is 19.2 Å². The minimum atomic E-state index is -3.95. The molecule has 0 aliphatic heterocycles. The molecule has 0 saturated heterocycles. The molecule has 0 unspecified atom stereocenters. The molecule has 1 heterocycles. The standard InChI is InChI=1S/C21H26N4O4S2/c1-5-24(6-2)31(28,29)20-13-11-19(12-14-20)30(26,27)23-21-15-17(4)22-25(21)18-9-7-16(3)8-10-18/h7-15,23H,5-6H2,1-4H3. The van der Waals surface area contributed by atoms with Gasteiger partial charge in [0.05, 0.1) is 21.2 Å². The van der Waals surface area contributed by atoms with Crippen LogP contribution in [-0.4, -0.2) is 44.0 Å². The van der Waals surface area contributed by atoms with Gasteiger partial charge in [-0.15, -0.1) is 0 Å². The lowest BCUT2D eigenvalue weighted by atomic mass is 10.2. The molecular formula is C21H26N4O4S2. The summed E-state index contributed by atoms with van der Waals surface area (Å²) in [5.41, 5.74) is 2.45. The van der Waals surface area contributed by atoms with Crippen molar-refractivity contribution in [2.75, 3.05) is 17.8 Å². The molecule has 8 nitrogen and oxygen atoms in total. The predicted molar refractivity (Wildman–Crippen MR) is 120 cm³/mol. The van der Waals surface area contributed by atoms with E-state index in [0.717, 1.165) is 11.3 Å². The van der Waals surface area contributed by atoms with Gasteiger partial charge in [-0.1, -0.05) is 31.5 Å². The first-order valence-electron chi connectivity index (χ1n) is 9.85. The third-order valence-electron chi connectivity index (χ3n) is 4.83. The average Bonchev–Trinajstić information content (AvgIpc) is 3.08. The number of nitrogens with one attached hydrogen (secondary N) is 1. The predicted octanol–water partition coefficient (Wildman–Crippen LogP) is 3.32. The summed E-state index contributed by atoms with van der Waals surface area (Å²) in [4.78, 5) is 0.0102. The van der Waals surface area contributed by atoms with Gasteiger partial charge in [-0.3, -0.25) is 4.72 Å². The van der Waals surface area contributed by atoms with E-state index < -0.39 is 20.0 Å². The first-order valence-corrected chi connectivity index (χ1v) is 12.8. The lowest BCUT2D eigenvalue weighted by molar-refractivity contribution is 0.445. The van der Waals surface area contributed by atoms with E-state index in [1.807, 2.05) is 31.2 Å². The Morgan fingerprint density at radius 3 is 1.97 bits per heavy atom. The lowest BCUT2D eigenvalue weighted by Crippen LogP contribution is -2.30. The topological polar surface area (TPSA) is 101 Å². The van der Waals surface area contributed by atoms with Crippen molar-refractivity contribution < 1.29 is 16.8 Å². The molecule has 10 heteroatoms. The summed E-state index contributed by atoms with van der Waals surface area (Å²) in [5, 5.41) is 4.38. The van der Waals surface area contributed by atoms with Crippen LogP contribution in [0.5, 0.6) is 0 Å². The van der Waals surface area contributed by atoms with Crippen molar-refractivity contribution in [3.8, 4) is 5.69 Å². The van der Waals surface area contributed by atoms with Gasteiger partial charge in [-0.2, -0.15) is 9.40 Å². The van der Waals surface area contributed by atoms with Crippen LogP contribution in [0, 0.1) is 13.8 Å². The molecule has 1 aromatic heterocycles. The Morgan fingerprint density at radius 2 is 1.42 bits per heavy atom. The Balaban J connectivity index is 1.91. The maximum Gasteiger partial charge on any atom is 0.263 e. The van der Waals surface area contributed by atoms with E-state index in [9.17, 15) is 16.8 Å². The maximum absolute atomic E-state index is 12.9. The van der Waals surface area contributed by atoms with Gasteiger partial charge in [-0.05, 0) is 50.2 Å². The Hall–Kier alpha value is -2.69. The summed E-state index contributed by atoms with van der Waals surface area (Å²) in [6, 6.07) is 14.4. The van der Waals surface area contributed by atoms with Gasteiger partial charge in [0.15, 0.2) is 0 Å². The highest BCUT2D eigenvalue weighted by Gasteiger charge is 2.23. The summed E-state index contributed by atoms with van der Waals surface area (Å²) in [6.45, 7) is 7.92. The van der Waals surface area contributed by atoms with Crippen molar-refractivity contribution in [1.29, 1.82) is 0 Å². The minimum absolute atomic E-state index is 0.0414. The molecule has 3 rings (SSSR count). The van der Waals surface area contributed by atoms with Crippen LogP contribution in [0.4, 0.5) is 5.82 Å². The smallest absolute Gasteiger partial charge is 0.263 e. The van der Waals surface area contributed by atoms with Crippen LogP contribution in [0.25, 0.3) is 5.69 Å². The van der Waals surface area contributed by atoms with Gasteiger partial charge in [0.25, 0.3) is 10.0 Å². The number of nitrogens with zero attached hydrogens (tertiary/aromatic N) is 3. The van der Waals surface area contributed by atoms with E-state index in [0.29, 0.717) is 24.6 Å².